The summed E-state index contributed by atoms with van der Waals surface area (Å²) in [7, 11) is 0. The summed E-state index contributed by atoms with van der Waals surface area (Å²) in [5, 5.41) is 10.0. The lowest BCUT2D eigenvalue weighted by Crippen LogP contribution is -2.42. The van der Waals surface area contributed by atoms with Gasteiger partial charge in [-0.1, -0.05) is 45.7 Å². The normalized spacial score (nSPS) is 54.7. The fraction of sp³-hybridized carbons (Fsp3) is 0.750. The van der Waals surface area contributed by atoms with Crippen LogP contribution in [0.3, 0.4) is 0 Å². The van der Waals surface area contributed by atoms with Crippen molar-refractivity contribution in [2.45, 2.75) is 84.3 Å². The maximum Gasteiger partial charge on any atom is 0.308 e. The summed E-state index contributed by atoms with van der Waals surface area (Å²) < 4.78 is 128. The van der Waals surface area contributed by atoms with Crippen LogP contribution < -0.4 is 0 Å². The summed E-state index contributed by atoms with van der Waals surface area (Å²) in [6, 6.07) is -2.68. The molecule has 0 amide bonds. The van der Waals surface area contributed by atoms with Gasteiger partial charge in [0.1, 0.15) is 12.2 Å². The lowest BCUT2D eigenvalue weighted by Gasteiger charge is -2.43. The van der Waals surface area contributed by atoms with Crippen LogP contribution in [0.4, 0.5) is 0 Å². The molecule has 1 N–H and O–H groups in total. The van der Waals surface area contributed by atoms with Gasteiger partial charge in [0.2, 0.25) is 0 Å². The first kappa shape index (κ1) is 10.1. The molecule has 0 aromatic heterocycles. The molecule has 0 aromatic rings. The van der Waals surface area contributed by atoms with E-state index < -0.39 is 110 Å². The zero-order valence-corrected chi connectivity index (χ0v) is 16.5. The van der Waals surface area contributed by atoms with Crippen molar-refractivity contribution in [1.29, 1.82) is 0 Å². The van der Waals surface area contributed by atoms with Gasteiger partial charge in [0.15, 0.2) is 0 Å². The molecule has 0 saturated carbocycles. The monoisotopic (exact) mass is 418 g/mol. The first-order valence-electron chi connectivity index (χ1n) is 16.8. The van der Waals surface area contributed by atoms with Crippen LogP contribution in [0.1, 0.15) is 85.2 Å². The molecule has 0 aromatic carbocycles. The number of allylic oxidation sites excluding steroid dienone is 3. The molecule has 29 heavy (non-hydrogen) atoms. The second kappa shape index (κ2) is 9.46. The summed E-state index contributed by atoms with van der Waals surface area (Å²) in [4.78, 5) is 25.3. The number of fused-ring (bicyclic) bond motifs is 1. The highest BCUT2D eigenvalue weighted by atomic mass is 16.5. The topological polar surface area (TPSA) is 72.8 Å². The van der Waals surface area contributed by atoms with Crippen LogP contribution in [0.2, 0.25) is 0 Å². The molecule has 2 aliphatic carbocycles. The van der Waals surface area contributed by atoms with Crippen molar-refractivity contribution >= 4 is 11.9 Å². The summed E-state index contributed by atoms with van der Waals surface area (Å²) in [5.41, 5.74) is -0.611. The van der Waals surface area contributed by atoms with E-state index >= 15 is 0 Å². The zero-order valence-electron chi connectivity index (χ0n) is 30.5. The Balaban J connectivity index is 2.28. The Morgan fingerprint density at radius 2 is 2.41 bits per heavy atom. The van der Waals surface area contributed by atoms with Gasteiger partial charge >= 0.3 is 11.9 Å². The van der Waals surface area contributed by atoms with Crippen molar-refractivity contribution in [3.8, 4) is 0 Å². The van der Waals surface area contributed by atoms with Gasteiger partial charge in [-0.25, -0.2) is 0 Å². The Labute approximate surface area is 194 Å². The maximum absolute atomic E-state index is 13.4. The lowest BCUT2D eigenvalue weighted by molar-refractivity contribution is -0.162. The quantitative estimate of drug-likeness (QED) is 0.655. The van der Waals surface area contributed by atoms with Crippen LogP contribution in [0, 0.1) is 29.5 Å². The van der Waals surface area contributed by atoms with Gasteiger partial charge < -0.3 is 14.6 Å². The van der Waals surface area contributed by atoms with Crippen LogP contribution in [0.5, 0.6) is 0 Å². The van der Waals surface area contributed by atoms with E-state index in [2.05, 4.69) is 0 Å². The van der Waals surface area contributed by atoms with Crippen molar-refractivity contribution in [2.75, 3.05) is 0 Å². The number of ether oxygens (including phenoxy) is 2. The van der Waals surface area contributed by atoms with E-state index in [9.17, 15) is 14.7 Å². The fourth-order valence-electron chi connectivity index (χ4n) is 3.93. The number of rotatable bonds is 6. The van der Waals surface area contributed by atoms with E-state index in [-0.39, 0.29) is 25.7 Å². The maximum atomic E-state index is 13.4. The molecule has 0 bridgehead atoms. The summed E-state index contributed by atoms with van der Waals surface area (Å²) >= 11 is 0. The van der Waals surface area contributed by atoms with Crippen LogP contribution in [-0.4, -0.2) is 35.4 Å². The standard InChI is InChI=1S/C24H36O5/c1-5-15(3)24(27)29-21-11-14(2)10-17-7-6-16(4)20(23(17)21)9-8-19-12-18(25)13-22(26)28-19/h6-7,10,14-16,18-21,23,25H,5,8-9,11-13H2,1-4H3/t14-,15-,16-,18+,19?,20-,21?,23-/m0/s1/i2D3,3D3,6D,7D,10D,11D2,14D,15D,16D. The molecular formula is C24H36O5. The van der Waals surface area contributed by atoms with Gasteiger partial charge in [-0.2, -0.15) is 0 Å². The van der Waals surface area contributed by atoms with E-state index in [4.69, 9.17) is 28.7 Å². The molecule has 3 aliphatic rings. The van der Waals surface area contributed by atoms with Crippen molar-refractivity contribution in [3.63, 3.8) is 0 Å². The number of esters is 2. The van der Waals surface area contributed by atoms with Crippen LogP contribution >= 0.6 is 0 Å². The van der Waals surface area contributed by atoms with Crippen molar-refractivity contribution < 1.29 is 43.4 Å². The second-order valence-electron chi connectivity index (χ2n) is 7.56. The van der Waals surface area contributed by atoms with Crippen LogP contribution in [0.15, 0.2) is 23.7 Å². The Morgan fingerprint density at radius 3 is 3.10 bits per heavy atom. The summed E-state index contributed by atoms with van der Waals surface area (Å²) in [6.45, 7) is -4.42. The summed E-state index contributed by atoms with van der Waals surface area (Å²) in [6.07, 6.45) is -8.76. The zero-order chi connectivity index (χ0) is 33.3. The molecule has 0 spiro atoms. The van der Waals surface area contributed by atoms with E-state index in [1.807, 2.05) is 0 Å². The number of hydrogen-bond donors (Lipinski definition) is 1. The molecular weight excluding hydrogens is 368 g/mol. The Kier molecular flexibility index (Phi) is 3.30. The fourth-order valence-corrected chi connectivity index (χ4v) is 3.93. The molecule has 8 atom stereocenters. The third-order valence-corrected chi connectivity index (χ3v) is 5.46. The second-order valence-corrected chi connectivity index (χ2v) is 7.56. The van der Waals surface area contributed by atoms with Crippen molar-refractivity contribution in [2.24, 2.45) is 29.5 Å². The van der Waals surface area contributed by atoms with Gasteiger partial charge in [-0.05, 0) is 48.9 Å². The molecule has 1 saturated heterocycles. The van der Waals surface area contributed by atoms with Gasteiger partial charge in [-0.3, -0.25) is 9.59 Å². The predicted octanol–water partition coefficient (Wildman–Crippen LogP) is 4.20. The molecule has 1 aliphatic heterocycles. The first-order chi connectivity index (χ1) is 19.3. The number of carbonyl (C=O) groups is 2. The van der Waals surface area contributed by atoms with E-state index in [0.29, 0.717) is 0 Å². The Bertz CT molecular complexity index is 1210. The average molecular weight is 419 g/mol. The average Bonchev–Trinajstić information content (AvgIpc) is 2.85. The largest absolute Gasteiger partial charge is 0.462 e. The molecule has 2 unspecified atom stereocenters. The third kappa shape index (κ3) is 5.30. The highest BCUT2D eigenvalue weighted by Gasteiger charge is 2.42. The van der Waals surface area contributed by atoms with Gasteiger partial charge in [0.05, 0.1) is 22.5 Å². The number of cyclic esters (lactones) is 1. The third-order valence-electron chi connectivity index (χ3n) is 5.46. The summed E-state index contributed by atoms with van der Waals surface area (Å²) in [5.74, 6) is -13.9. The van der Waals surface area contributed by atoms with Crippen LogP contribution in [0.25, 0.3) is 0 Å². The highest BCUT2D eigenvalue weighted by molar-refractivity contribution is 5.72. The van der Waals surface area contributed by atoms with Gasteiger partial charge in [-0.15, -0.1) is 0 Å². The van der Waals surface area contributed by atoms with Crippen LogP contribution in [-0.2, 0) is 19.1 Å². The molecule has 5 nitrogen and oxygen atoms in total. The minimum atomic E-state index is -3.59. The number of aliphatic hydroxyl groups is 1. The Morgan fingerprint density at radius 1 is 1.59 bits per heavy atom. The SMILES string of the molecule is [2H]C1=C([2H])[C@]([2H])(C)[C@H](CCC2C[C@@H](O)CC(=O)O2)[C@@H]2C1=C([2H])[C@]([2H])(C([2H])([2H])[2H])C([2H])([2H])C2OC(=O)[C@]([2H])(CC)C([2H])([2H])[2H]. The lowest BCUT2D eigenvalue weighted by atomic mass is 9.65. The smallest absolute Gasteiger partial charge is 0.308 e. The molecule has 0 radical (unpaired) electrons. The molecule has 162 valence electrons. The molecule has 5 heteroatoms. The number of aliphatic hydroxyl groups excluding tert-OH is 1. The molecule has 1 heterocycles. The Hall–Kier alpha value is -1.62. The van der Waals surface area contributed by atoms with Gasteiger partial charge in [0.25, 0.3) is 0 Å². The molecule has 1 fully saturated rings. The van der Waals surface area contributed by atoms with Gasteiger partial charge in [0, 0.05) is 27.4 Å². The minimum Gasteiger partial charge on any atom is -0.462 e. The molecule has 3 rings (SSSR count). The predicted molar refractivity (Wildman–Crippen MR) is 111 cm³/mol. The van der Waals surface area contributed by atoms with E-state index in [1.54, 1.807) is 0 Å². The number of hydrogen-bond acceptors (Lipinski definition) is 5. The van der Waals surface area contributed by atoms with E-state index in [0.717, 1.165) is 0 Å². The van der Waals surface area contributed by atoms with Crippen molar-refractivity contribution in [3.05, 3.63) is 23.7 Å². The van der Waals surface area contributed by atoms with Crippen molar-refractivity contribution in [1.82, 2.24) is 0 Å². The minimum absolute atomic E-state index is 0.0298. The first-order valence-corrected chi connectivity index (χ1v) is 9.78. The highest BCUT2D eigenvalue weighted by Crippen LogP contribution is 2.45. The number of carbonyl (C=O) groups excluding carboxylic acids is 2. The van der Waals surface area contributed by atoms with E-state index in [1.165, 1.54) is 13.8 Å².